The molecule has 3 rings (SSSR count). The average Bonchev–Trinajstić information content (AvgIpc) is 2.83. The van der Waals surface area contributed by atoms with E-state index in [0.717, 1.165) is 11.1 Å². The van der Waals surface area contributed by atoms with Crippen molar-refractivity contribution in [1.82, 2.24) is 0 Å². The van der Waals surface area contributed by atoms with Crippen molar-refractivity contribution >= 4 is 17.8 Å². The highest BCUT2D eigenvalue weighted by Gasteiger charge is 2.27. The van der Waals surface area contributed by atoms with Gasteiger partial charge in [-0.15, -0.1) is 0 Å². The first-order chi connectivity index (χ1) is 11.0. The number of carbonyl (C=O) groups excluding carboxylic acids is 2. The van der Waals surface area contributed by atoms with Crippen LogP contribution in [0.5, 0.6) is 11.5 Å². The third-order valence-electron chi connectivity index (χ3n) is 3.50. The van der Waals surface area contributed by atoms with Gasteiger partial charge in [-0.1, -0.05) is 24.3 Å². The van der Waals surface area contributed by atoms with Crippen LogP contribution in [0.3, 0.4) is 0 Å². The fourth-order valence-electron chi connectivity index (χ4n) is 2.30. The number of rotatable bonds is 4. The molecule has 2 aromatic carbocycles. The molecule has 1 amide bonds. The summed E-state index contributed by atoms with van der Waals surface area (Å²) in [6, 6.07) is 12.5. The maximum absolute atomic E-state index is 12.4. The van der Waals surface area contributed by atoms with E-state index in [2.05, 4.69) is 0 Å². The Balaban J connectivity index is 1.87. The maximum atomic E-state index is 12.4. The van der Waals surface area contributed by atoms with E-state index in [-0.39, 0.29) is 18.1 Å². The highest BCUT2D eigenvalue weighted by molar-refractivity contribution is 6.14. The molecule has 1 heterocycles. The van der Waals surface area contributed by atoms with Gasteiger partial charge >= 0.3 is 0 Å². The third-order valence-corrected chi connectivity index (χ3v) is 3.50. The van der Waals surface area contributed by atoms with Crippen molar-refractivity contribution in [2.75, 3.05) is 6.61 Å². The first kappa shape index (κ1) is 14.8. The molecule has 0 aliphatic carbocycles. The van der Waals surface area contributed by atoms with Gasteiger partial charge in [0, 0.05) is 6.07 Å². The van der Waals surface area contributed by atoms with Crippen LogP contribution in [0.1, 0.15) is 21.5 Å². The lowest BCUT2D eigenvalue weighted by Crippen LogP contribution is -2.19. The van der Waals surface area contributed by atoms with Gasteiger partial charge in [-0.05, 0) is 36.3 Å². The summed E-state index contributed by atoms with van der Waals surface area (Å²) in [7, 11) is 0. The highest BCUT2D eigenvalue weighted by Crippen LogP contribution is 2.35. The lowest BCUT2D eigenvalue weighted by Gasteiger charge is -2.05. The van der Waals surface area contributed by atoms with Gasteiger partial charge in [0.05, 0.1) is 5.56 Å². The second kappa shape index (κ2) is 5.96. The van der Waals surface area contributed by atoms with Crippen LogP contribution in [-0.4, -0.2) is 18.3 Å². The molecule has 2 N–H and O–H groups in total. The van der Waals surface area contributed by atoms with E-state index in [9.17, 15) is 9.59 Å². The fourth-order valence-corrected chi connectivity index (χ4v) is 2.30. The Labute approximate surface area is 133 Å². The summed E-state index contributed by atoms with van der Waals surface area (Å²) >= 11 is 0. The summed E-state index contributed by atoms with van der Waals surface area (Å²) in [6.45, 7) is 1.74. The van der Waals surface area contributed by atoms with Crippen molar-refractivity contribution in [3.05, 3.63) is 64.9 Å². The Morgan fingerprint density at radius 1 is 1.26 bits per heavy atom. The predicted molar refractivity (Wildman–Crippen MR) is 85.2 cm³/mol. The number of hydrogen-bond donors (Lipinski definition) is 1. The lowest BCUT2D eigenvalue weighted by molar-refractivity contribution is -0.119. The van der Waals surface area contributed by atoms with Gasteiger partial charge in [0.1, 0.15) is 11.5 Å². The molecule has 5 nitrogen and oxygen atoms in total. The molecule has 0 saturated carbocycles. The van der Waals surface area contributed by atoms with E-state index in [1.54, 1.807) is 24.3 Å². The molecule has 1 aliphatic heterocycles. The van der Waals surface area contributed by atoms with Crippen molar-refractivity contribution < 1.29 is 19.1 Å². The molecule has 23 heavy (non-hydrogen) atoms. The van der Waals surface area contributed by atoms with Gasteiger partial charge in [0.25, 0.3) is 5.91 Å². The molecule has 0 aromatic heterocycles. The SMILES string of the molecule is Cc1ccccc1C=C1Oc2cc(OCC(N)=O)ccc2C1=O. The lowest BCUT2D eigenvalue weighted by atomic mass is 10.1. The number of amides is 1. The number of primary amides is 1. The first-order valence-electron chi connectivity index (χ1n) is 7.09. The molecule has 2 aromatic rings. The zero-order valence-corrected chi connectivity index (χ0v) is 12.5. The summed E-state index contributed by atoms with van der Waals surface area (Å²) in [4.78, 5) is 23.1. The quantitative estimate of drug-likeness (QED) is 0.880. The zero-order valence-electron chi connectivity index (χ0n) is 12.5. The minimum atomic E-state index is -0.567. The molecule has 0 atom stereocenters. The van der Waals surface area contributed by atoms with Crippen molar-refractivity contribution in [2.24, 2.45) is 5.73 Å². The smallest absolute Gasteiger partial charge is 0.255 e. The summed E-state index contributed by atoms with van der Waals surface area (Å²) < 4.78 is 10.9. The molecule has 5 heteroatoms. The number of fused-ring (bicyclic) bond motifs is 1. The molecule has 116 valence electrons. The van der Waals surface area contributed by atoms with Gasteiger partial charge in [0.15, 0.2) is 12.4 Å². The van der Waals surface area contributed by atoms with Gasteiger partial charge in [-0.3, -0.25) is 9.59 Å². The molecule has 0 spiro atoms. The second-order valence-corrected chi connectivity index (χ2v) is 5.21. The molecular formula is C18H15NO4. The molecule has 0 bridgehead atoms. The Morgan fingerprint density at radius 3 is 2.78 bits per heavy atom. The number of benzene rings is 2. The number of nitrogens with two attached hydrogens (primary N) is 1. The van der Waals surface area contributed by atoms with E-state index in [1.807, 2.05) is 31.2 Å². The molecule has 1 aliphatic rings. The Morgan fingerprint density at radius 2 is 2.04 bits per heavy atom. The van der Waals surface area contributed by atoms with Gasteiger partial charge < -0.3 is 15.2 Å². The minimum absolute atomic E-state index is 0.176. The monoisotopic (exact) mass is 309 g/mol. The largest absolute Gasteiger partial charge is 0.484 e. The van der Waals surface area contributed by atoms with E-state index < -0.39 is 5.91 Å². The summed E-state index contributed by atoms with van der Waals surface area (Å²) in [5.41, 5.74) is 7.49. The van der Waals surface area contributed by atoms with Crippen molar-refractivity contribution in [1.29, 1.82) is 0 Å². The van der Waals surface area contributed by atoms with Crippen molar-refractivity contribution in [2.45, 2.75) is 6.92 Å². The zero-order chi connectivity index (χ0) is 16.4. The number of allylic oxidation sites excluding steroid dienone is 1. The van der Waals surface area contributed by atoms with E-state index in [0.29, 0.717) is 17.1 Å². The van der Waals surface area contributed by atoms with Gasteiger partial charge in [-0.25, -0.2) is 0 Å². The Hall–Kier alpha value is -3.08. The Bertz CT molecular complexity index is 824. The van der Waals surface area contributed by atoms with Crippen LogP contribution in [0.2, 0.25) is 0 Å². The van der Waals surface area contributed by atoms with Crippen LogP contribution in [0.4, 0.5) is 0 Å². The number of ether oxygens (including phenoxy) is 2. The summed E-state index contributed by atoms with van der Waals surface area (Å²) in [6.07, 6.45) is 1.72. The van der Waals surface area contributed by atoms with Crippen LogP contribution < -0.4 is 15.2 Å². The van der Waals surface area contributed by atoms with Crippen LogP contribution >= 0.6 is 0 Å². The topological polar surface area (TPSA) is 78.6 Å². The maximum Gasteiger partial charge on any atom is 0.255 e. The normalized spacial score (nSPS) is 14.5. The van der Waals surface area contributed by atoms with Gasteiger partial charge in [-0.2, -0.15) is 0 Å². The summed E-state index contributed by atoms with van der Waals surface area (Å²) in [5.74, 6) is 0.359. The third kappa shape index (κ3) is 3.08. The van der Waals surface area contributed by atoms with E-state index >= 15 is 0 Å². The van der Waals surface area contributed by atoms with Gasteiger partial charge in [0.2, 0.25) is 5.78 Å². The van der Waals surface area contributed by atoms with Crippen molar-refractivity contribution in [3.8, 4) is 11.5 Å². The number of ketones is 1. The van der Waals surface area contributed by atoms with Crippen LogP contribution in [0.25, 0.3) is 6.08 Å². The fraction of sp³-hybridized carbons (Fsp3) is 0.111. The number of Topliss-reactive ketones (excluding diaryl/α,β-unsaturated/α-hetero) is 1. The van der Waals surface area contributed by atoms with Crippen LogP contribution in [-0.2, 0) is 4.79 Å². The molecule has 0 radical (unpaired) electrons. The molecular weight excluding hydrogens is 294 g/mol. The second-order valence-electron chi connectivity index (χ2n) is 5.21. The number of hydrogen-bond acceptors (Lipinski definition) is 4. The average molecular weight is 309 g/mol. The predicted octanol–water partition coefficient (Wildman–Crippen LogP) is 2.48. The minimum Gasteiger partial charge on any atom is -0.484 e. The standard InChI is InChI=1S/C18H15NO4/c1-11-4-2-3-5-12(11)8-16-18(21)14-7-6-13(9-15(14)23-16)22-10-17(19)20/h2-9H,10H2,1H3,(H2,19,20). The Kier molecular flexibility index (Phi) is 3.85. The van der Waals surface area contributed by atoms with Crippen LogP contribution in [0, 0.1) is 6.92 Å². The highest BCUT2D eigenvalue weighted by atomic mass is 16.5. The molecule has 0 unspecified atom stereocenters. The number of carbonyl (C=O) groups is 2. The summed E-state index contributed by atoms with van der Waals surface area (Å²) in [5, 5.41) is 0. The van der Waals surface area contributed by atoms with Crippen molar-refractivity contribution in [3.63, 3.8) is 0 Å². The van der Waals surface area contributed by atoms with E-state index in [1.165, 1.54) is 0 Å². The van der Waals surface area contributed by atoms with E-state index in [4.69, 9.17) is 15.2 Å². The number of aryl methyl sites for hydroxylation is 1. The first-order valence-corrected chi connectivity index (χ1v) is 7.09. The molecule has 0 saturated heterocycles. The van der Waals surface area contributed by atoms with Crippen LogP contribution in [0.15, 0.2) is 48.2 Å². The molecule has 0 fully saturated rings.